The number of nitrogens with one attached hydrogen (secondary N) is 1. The molecule has 0 amide bonds. The van der Waals surface area contributed by atoms with Crippen LogP contribution in [0.5, 0.6) is 0 Å². The molecule has 1 rings (SSSR count). The molecule has 0 saturated carbocycles. The lowest BCUT2D eigenvalue weighted by Gasteiger charge is -2.03. The van der Waals surface area contributed by atoms with Gasteiger partial charge in [0, 0.05) is 13.0 Å². The van der Waals surface area contributed by atoms with Crippen molar-refractivity contribution in [3.05, 3.63) is 0 Å². The Bertz CT molecular complexity index is 124. The van der Waals surface area contributed by atoms with Crippen LogP contribution in [-0.4, -0.2) is 18.9 Å². The van der Waals surface area contributed by atoms with Crippen molar-refractivity contribution in [1.82, 2.24) is 5.32 Å². The van der Waals surface area contributed by atoms with Gasteiger partial charge < -0.3 is 5.32 Å². The zero-order valence-electron chi connectivity index (χ0n) is 6.96. The number of nitrogens with zero attached hydrogens (tertiary/aromatic N) is 1. The molecule has 2 nitrogen and oxygen atoms in total. The second-order valence-electron chi connectivity index (χ2n) is 2.85. The molecule has 11 heavy (non-hydrogen) atoms. The van der Waals surface area contributed by atoms with Crippen molar-refractivity contribution in [2.24, 2.45) is 10.9 Å². The Hall–Kier alpha value is 0.0500. The lowest BCUT2D eigenvalue weighted by molar-refractivity contribution is 0.675. The molecule has 4 heteroatoms. The van der Waals surface area contributed by atoms with Crippen LogP contribution in [0.25, 0.3) is 0 Å². The van der Waals surface area contributed by atoms with E-state index in [9.17, 15) is 0 Å². The van der Waals surface area contributed by atoms with E-state index < -0.39 is 0 Å². The third-order valence-electron chi connectivity index (χ3n) is 1.35. The lowest BCUT2D eigenvalue weighted by atomic mass is 10.1. The number of hydrogen-bond donors (Lipinski definition) is 1. The molecule has 0 bridgehead atoms. The van der Waals surface area contributed by atoms with Crippen molar-refractivity contribution in [3.63, 3.8) is 0 Å². The third kappa shape index (κ3) is 5.33. The highest BCUT2D eigenvalue weighted by Crippen LogP contribution is 2.01. The maximum absolute atomic E-state index is 4.28. The number of rotatable bonds is 2. The zero-order valence-corrected chi connectivity index (χ0v) is 8.60. The van der Waals surface area contributed by atoms with Gasteiger partial charge >= 0.3 is 0 Å². The van der Waals surface area contributed by atoms with E-state index >= 15 is 0 Å². The quantitative estimate of drug-likeness (QED) is 0.721. The summed E-state index contributed by atoms with van der Waals surface area (Å²) in [7, 11) is 0. The highest BCUT2D eigenvalue weighted by molar-refractivity contribution is 5.85. The van der Waals surface area contributed by atoms with E-state index in [2.05, 4.69) is 24.2 Å². The van der Waals surface area contributed by atoms with Gasteiger partial charge in [-0.1, -0.05) is 13.8 Å². The molecule has 0 atom stereocenters. The Morgan fingerprint density at radius 1 is 1.45 bits per heavy atom. The topological polar surface area (TPSA) is 24.4 Å². The van der Waals surface area contributed by atoms with Gasteiger partial charge in [-0.3, -0.25) is 4.99 Å². The lowest BCUT2D eigenvalue weighted by Crippen LogP contribution is -2.19. The number of amidine groups is 1. The van der Waals surface area contributed by atoms with Crippen LogP contribution >= 0.6 is 24.8 Å². The molecule has 0 spiro atoms. The summed E-state index contributed by atoms with van der Waals surface area (Å²) in [5.41, 5.74) is 0. The normalized spacial score (nSPS) is 14.6. The highest BCUT2D eigenvalue weighted by atomic mass is 35.5. The van der Waals surface area contributed by atoms with Crippen LogP contribution in [0.15, 0.2) is 4.99 Å². The summed E-state index contributed by atoms with van der Waals surface area (Å²) < 4.78 is 0. The van der Waals surface area contributed by atoms with Crippen molar-refractivity contribution in [2.75, 3.05) is 13.1 Å². The molecule has 0 aliphatic carbocycles. The fraction of sp³-hybridized carbons (Fsp3) is 0.857. The average molecular weight is 199 g/mol. The Balaban J connectivity index is 0. The molecule has 1 aliphatic rings. The Morgan fingerprint density at radius 3 is 2.45 bits per heavy atom. The smallest absolute Gasteiger partial charge is 0.0967 e. The maximum Gasteiger partial charge on any atom is 0.0967 e. The monoisotopic (exact) mass is 198 g/mol. The minimum Gasteiger partial charge on any atom is -0.372 e. The van der Waals surface area contributed by atoms with Gasteiger partial charge in [0.1, 0.15) is 0 Å². The summed E-state index contributed by atoms with van der Waals surface area (Å²) >= 11 is 0. The van der Waals surface area contributed by atoms with Crippen molar-refractivity contribution in [3.8, 4) is 0 Å². The van der Waals surface area contributed by atoms with E-state index in [1.165, 1.54) is 5.84 Å². The van der Waals surface area contributed by atoms with Gasteiger partial charge in [0.05, 0.1) is 12.4 Å². The first-order valence-corrected chi connectivity index (χ1v) is 3.56. The highest BCUT2D eigenvalue weighted by Gasteiger charge is 2.05. The molecule has 0 saturated heterocycles. The SMILES string of the molecule is CC(C)CC1=NCCN1.Cl.Cl. The summed E-state index contributed by atoms with van der Waals surface area (Å²) in [5.74, 6) is 1.93. The maximum atomic E-state index is 4.28. The predicted octanol–water partition coefficient (Wildman–Crippen LogP) is 1.88. The number of hydrogen-bond acceptors (Lipinski definition) is 2. The molecular weight excluding hydrogens is 183 g/mol. The predicted molar refractivity (Wildman–Crippen MR) is 54.3 cm³/mol. The summed E-state index contributed by atoms with van der Waals surface area (Å²) in [6.45, 7) is 6.44. The van der Waals surface area contributed by atoms with E-state index in [-0.39, 0.29) is 24.8 Å². The van der Waals surface area contributed by atoms with Crippen LogP contribution in [0.1, 0.15) is 20.3 Å². The summed E-state index contributed by atoms with van der Waals surface area (Å²) in [4.78, 5) is 4.28. The molecule has 1 heterocycles. The molecule has 68 valence electrons. The van der Waals surface area contributed by atoms with Crippen LogP contribution in [0.4, 0.5) is 0 Å². The molecular formula is C7H16Cl2N2. The molecule has 0 unspecified atom stereocenters. The van der Waals surface area contributed by atoms with E-state index in [0.717, 1.165) is 25.4 Å². The first kappa shape index (κ1) is 13.6. The zero-order chi connectivity index (χ0) is 6.69. The second kappa shape index (κ2) is 6.74. The van der Waals surface area contributed by atoms with Crippen molar-refractivity contribution in [2.45, 2.75) is 20.3 Å². The number of aliphatic imine (C=N–C) groups is 1. The van der Waals surface area contributed by atoms with Gasteiger partial charge in [-0.25, -0.2) is 0 Å². The van der Waals surface area contributed by atoms with Gasteiger partial charge in [-0.05, 0) is 5.92 Å². The van der Waals surface area contributed by atoms with Crippen molar-refractivity contribution >= 4 is 30.6 Å². The van der Waals surface area contributed by atoms with Crippen molar-refractivity contribution in [1.29, 1.82) is 0 Å². The Morgan fingerprint density at radius 2 is 2.09 bits per heavy atom. The Kier molecular flexibility index (Phi) is 8.35. The molecule has 0 aromatic rings. The van der Waals surface area contributed by atoms with E-state index in [1.807, 2.05) is 0 Å². The summed E-state index contributed by atoms with van der Waals surface area (Å²) in [6, 6.07) is 0. The van der Waals surface area contributed by atoms with Gasteiger partial charge in [-0.15, -0.1) is 24.8 Å². The molecule has 0 aromatic carbocycles. The van der Waals surface area contributed by atoms with Gasteiger partial charge in [0.25, 0.3) is 0 Å². The fourth-order valence-electron chi connectivity index (χ4n) is 0.970. The standard InChI is InChI=1S/C7H14N2.2ClH/c1-6(2)5-7-8-3-4-9-7;;/h6H,3-5H2,1-2H3,(H,8,9);2*1H. The van der Waals surface area contributed by atoms with E-state index in [0.29, 0.717) is 0 Å². The molecule has 1 N–H and O–H groups in total. The fourth-order valence-corrected chi connectivity index (χ4v) is 0.970. The van der Waals surface area contributed by atoms with Crippen molar-refractivity contribution < 1.29 is 0 Å². The first-order chi connectivity index (χ1) is 4.29. The molecule has 0 radical (unpaired) electrons. The van der Waals surface area contributed by atoms with Crippen LogP contribution < -0.4 is 5.32 Å². The van der Waals surface area contributed by atoms with Crippen LogP contribution in [0.3, 0.4) is 0 Å². The minimum atomic E-state index is 0. The van der Waals surface area contributed by atoms with Gasteiger partial charge in [-0.2, -0.15) is 0 Å². The molecule has 0 fully saturated rings. The van der Waals surface area contributed by atoms with E-state index in [1.54, 1.807) is 0 Å². The summed E-state index contributed by atoms with van der Waals surface area (Å²) in [5, 5.41) is 3.24. The summed E-state index contributed by atoms with van der Waals surface area (Å²) in [6.07, 6.45) is 1.11. The van der Waals surface area contributed by atoms with Crippen LogP contribution in [0.2, 0.25) is 0 Å². The minimum absolute atomic E-state index is 0. The van der Waals surface area contributed by atoms with Crippen LogP contribution in [-0.2, 0) is 0 Å². The third-order valence-corrected chi connectivity index (χ3v) is 1.35. The number of halogens is 2. The largest absolute Gasteiger partial charge is 0.372 e. The average Bonchev–Trinajstić information content (AvgIpc) is 2.15. The first-order valence-electron chi connectivity index (χ1n) is 3.56. The molecule has 0 aromatic heterocycles. The second-order valence-corrected chi connectivity index (χ2v) is 2.85. The van der Waals surface area contributed by atoms with E-state index in [4.69, 9.17) is 0 Å². The Labute approximate surface area is 80.7 Å². The van der Waals surface area contributed by atoms with Gasteiger partial charge in [0.2, 0.25) is 0 Å². The van der Waals surface area contributed by atoms with Crippen LogP contribution in [0, 0.1) is 5.92 Å². The molecule has 1 aliphatic heterocycles. The van der Waals surface area contributed by atoms with Gasteiger partial charge in [0.15, 0.2) is 0 Å².